The maximum absolute atomic E-state index is 10.5. The van der Waals surface area contributed by atoms with Gasteiger partial charge in [0, 0.05) is 6.61 Å². The fourth-order valence-electron chi connectivity index (χ4n) is 1.62. The second kappa shape index (κ2) is 3.38. The molecule has 0 atom stereocenters. The van der Waals surface area contributed by atoms with Gasteiger partial charge in [-0.1, -0.05) is 5.21 Å². The number of rotatable bonds is 3. The summed E-state index contributed by atoms with van der Waals surface area (Å²) in [6.45, 7) is 0.191. The fraction of sp³-hybridized carbons (Fsp3) is 0.625. The van der Waals surface area contributed by atoms with Crippen LogP contribution in [0.4, 0.5) is 0 Å². The van der Waals surface area contributed by atoms with Crippen molar-refractivity contribution in [2.75, 3.05) is 6.61 Å². The SMILES string of the molecule is O=C(O)c1cn(C2CC(CO)C2)nn1. The molecular formula is C8H11N3O3. The molecule has 1 fully saturated rings. The fourth-order valence-corrected chi connectivity index (χ4v) is 1.62. The number of carboxylic acids is 1. The van der Waals surface area contributed by atoms with Crippen LogP contribution >= 0.6 is 0 Å². The molecule has 2 rings (SSSR count). The number of aromatic nitrogens is 3. The van der Waals surface area contributed by atoms with Gasteiger partial charge in [0.25, 0.3) is 0 Å². The van der Waals surface area contributed by atoms with Crippen LogP contribution in [0.3, 0.4) is 0 Å². The van der Waals surface area contributed by atoms with Crippen LogP contribution in [-0.4, -0.2) is 37.8 Å². The van der Waals surface area contributed by atoms with Gasteiger partial charge in [0.15, 0.2) is 5.69 Å². The zero-order chi connectivity index (χ0) is 10.1. The molecule has 0 bridgehead atoms. The molecule has 1 aromatic rings. The molecule has 1 aliphatic carbocycles. The summed E-state index contributed by atoms with van der Waals surface area (Å²) in [5, 5.41) is 24.7. The normalized spacial score (nSPS) is 25.8. The second-order valence-electron chi connectivity index (χ2n) is 3.56. The number of aliphatic hydroxyl groups excluding tert-OH is 1. The predicted octanol–water partition coefficient (Wildman–Crippen LogP) is -0.0803. The first-order valence-electron chi connectivity index (χ1n) is 4.46. The molecule has 2 N–H and O–H groups in total. The van der Waals surface area contributed by atoms with Gasteiger partial charge in [-0.05, 0) is 18.8 Å². The summed E-state index contributed by atoms with van der Waals surface area (Å²) >= 11 is 0. The van der Waals surface area contributed by atoms with Crippen LogP contribution in [0.15, 0.2) is 6.20 Å². The highest BCUT2D eigenvalue weighted by atomic mass is 16.4. The van der Waals surface area contributed by atoms with Gasteiger partial charge in [-0.2, -0.15) is 0 Å². The number of hydrogen-bond donors (Lipinski definition) is 2. The minimum Gasteiger partial charge on any atom is -0.476 e. The van der Waals surface area contributed by atoms with E-state index >= 15 is 0 Å². The van der Waals surface area contributed by atoms with E-state index in [0.29, 0.717) is 5.92 Å². The first-order valence-corrected chi connectivity index (χ1v) is 4.46. The van der Waals surface area contributed by atoms with Gasteiger partial charge >= 0.3 is 5.97 Å². The molecule has 1 aromatic heterocycles. The quantitative estimate of drug-likeness (QED) is 0.707. The van der Waals surface area contributed by atoms with Crippen molar-refractivity contribution in [2.24, 2.45) is 5.92 Å². The molecule has 0 saturated heterocycles. The third kappa shape index (κ3) is 1.48. The van der Waals surface area contributed by atoms with E-state index in [1.54, 1.807) is 4.68 Å². The van der Waals surface area contributed by atoms with Gasteiger partial charge in [0.2, 0.25) is 0 Å². The molecule has 0 spiro atoms. The maximum atomic E-state index is 10.5. The van der Waals surface area contributed by atoms with Gasteiger partial charge in [-0.15, -0.1) is 5.10 Å². The summed E-state index contributed by atoms with van der Waals surface area (Å²) in [5.41, 5.74) is -0.0301. The highest BCUT2D eigenvalue weighted by molar-refractivity contribution is 5.84. The van der Waals surface area contributed by atoms with Gasteiger partial charge in [0.05, 0.1) is 12.2 Å². The zero-order valence-electron chi connectivity index (χ0n) is 7.50. The Morgan fingerprint density at radius 1 is 1.64 bits per heavy atom. The van der Waals surface area contributed by atoms with Crippen molar-refractivity contribution in [3.63, 3.8) is 0 Å². The highest BCUT2D eigenvalue weighted by Crippen LogP contribution is 2.36. The number of carboxylic acid groups (broad SMARTS) is 1. The number of carbonyl (C=O) groups is 1. The smallest absolute Gasteiger partial charge is 0.358 e. The average molecular weight is 197 g/mol. The molecule has 0 aliphatic heterocycles. The van der Waals surface area contributed by atoms with E-state index in [9.17, 15) is 4.79 Å². The van der Waals surface area contributed by atoms with E-state index in [0.717, 1.165) is 12.8 Å². The van der Waals surface area contributed by atoms with E-state index in [-0.39, 0.29) is 18.3 Å². The van der Waals surface area contributed by atoms with Gasteiger partial charge in [-0.25, -0.2) is 9.48 Å². The third-order valence-corrected chi connectivity index (χ3v) is 2.57. The number of nitrogens with zero attached hydrogens (tertiary/aromatic N) is 3. The first-order chi connectivity index (χ1) is 6.70. The predicted molar refractivity (Wildman–Crippen MR) is 45.8 cm³/mol. The molecule has 14 heavy (non-hydrogen) atoms. The lowest BCUT2D eigenvalue weighted by Gasteiger charge is -2.33. The Morgan fingerprint density at radius 2 is 2.36 bits per heavy atom. The van der Waals surface area contributed by atoms with Gasteiger partial charge < -0.3 is 10.2 Å². The van der Waals surface area contributed by atoms with E-state index in [2.05, 4.69) is 10.3 Å². The van der Waals surface area contributed by atoms with E-state index < -0.39 is 5.97 Å². The molecule has 6 nitrogen and oxygen atoms in total. The van der Waals surface area contributed by atoms with Crippen molar-refractivity contribution in [3.05, 3.63) is 11.9 Å². The standard InChI is InChI=1S/C8H11N3O3/c12-4-5-1-6(2-5)11-3-7(8(13)14)9-10-11/h3,5-6,12H,1-2,4H2,(H,13,14). The monoisotopic (exact) mass is 197 g/mol. The molecule has 1 heterocycles. The molecule has 1 aliphatic rings. The van der Waals surface area contributed by atoms with Crippen molar-refractivity contribution in [2.45, 2.75) is 18.9 Å². The van der Waals surface area contributed by atoms with Crippen LogP contribution in [0, 0.1) is 5.92 Å². The molecule has 0 amide bonds. The molecule has 0 aromatic carbocycles. The Morgan fingerprint density at radius 3 is 2.86 bits per heavy atom. The Kier molecular flexibility index (Phi) is 2.20. The Balaban J connectivity index is 2.01. The van der Waals surface area contributed by atoms with Crippen molar-refractivity contribution in [3.8, 4) is 0 Å². The highest BCUT2D eigenvalue weighted by Gasteiger charge is 2.31. The minimum absolute atomic E-state index is 0.0301. The van der Waals surface area contributed by atoms with Crippen LogP contribution in [-0.2, 0) is 0 Å². The number of aliphatic hydroxyl groups is 1. The molecule has 76 valence electrons. The Bertz CT molecular complexity index is 343. The Labute approximate surface area is 80.2 Å². The van der Waals surface area contributed by atoms with E-state index in [4.69, 9.17) is 10.2 Å². The summed E-state index contributed by atoms with van der Waals surface area (Å²) in [4.78, 5) is 10.5. The lowest BCUT2D eigenvalue weighted by atomic mass is 9.81. The van der Waals surface area contributed by atoms with E-state index in [1.807, 2.05) is 0 Å². The molecule has 6 heteroatoms. The second-order valence-corrected chi connectivity index (χ2v) is 3.56. The van der Waals surface area contributed by atoms with Crippen molar-refractivity contribution in [1.29, 1.82) is 0 Å². The van der Waals surface area contributed by atoms with Crippen LogP contribution in [0.2, 0.25) is 0 Å². The number of hydrogen-bond acceptors (Lipinski definition) is 4. The first kappa shape index (κ1) is 9.14. The maximum Gasteiger partial charge on any atom is 0.358 e. The van der Waals surface area contributed by atoms with Crippen LogP contribution in [0.5, 0.6) is 0 Å². The molecule has 0 radical (unpaired) electrons. The Hall–Kier alpha value is -1.43. The summed E-state index contributed by atoms with van der Waals surface area (Å²) in [6, 6.07) is 0.202. The summed E-state index contributed by atoms with van der Waals surface area (Å²) in [6.07, 6.45) is 3.12. The summed E-state index contributed by atoms with van der Waals surface area (Å²) in [7, 11) is 0. The minimum atomic E-state index is -1.06. The van der Waals surface area contributed by atoms with Crippen molar-refractivity contribution >= 4 is 5.97 Å². The largest absolute Gasteiger partial charge is 0.476 e. The molecule has 1 saturated carbocycles. The molecular weight excluding hydrogens is 186 g/mol. The number of aromatic carboxylic acids is 1. The third-order valence-electron chi connectivity index (χ3n) is 2.57. The average Bonchev–Trinajstić information content (AvgIpc) is 2.51. The van der Waals surface area contributed by atoms with Crippen LogP contribution in [0.25, 0.3) is 0 Å². The summed E-state index contributed by atoms with van der Waals surface area (Å²) < 4.78 is 1.57. The van der Waals surface area contributed by atoms with Gasteiger partial charge in [0.1, 0.15) is 0 Å². The van der Waals surface area contributed by atoms with Gasteiger partial charge in [-0.3, -0.25) is 0 Å². The van der Waals surface area contributed by atoms with Crippen molar-refractivity contribution < 1.29 is 15.0 Å². The topological polar surface area (TPSA) is 88.2 Å². The lowest BCUT2D eigenvalue weighted by molar-refractivity contribution is 0.0690. The van der Waals surface area contributed by atoms with Crippen LogP contribution in [0.1, 0.15) is 29.4 Å². The lowest BCUT2D eigenvalue weighted by Crippen LogP contribution is -2.29. The van der Waals surface area contributed by atoms with E-state index in [1.165, 1.54) is 6.20 Å². The van der Waals surface area contributed by atoms with Crippen molar-refractivity contribution in [1.82, 2.24) is 15.0 Å². The zero-order valence-corrected chi connectivity index (χ0v) is 7.50. The molecule has 0 unspecified atom stereocenters. The summed E-state index contributed by atoms with van der Waals surface area (Å²) in [5.74, 6) is -0.730. The van der Waals surface area contributed by atoms with Crippen LogP contribution < -0.4 is 0 Å².